The van der Waals surface area contributed by atoms with E-state index in [9.17, 15) is 9.59 Å². The minimum Gasteiger partial charge on any atom is -0.419 e. The Bertz CT molecular complexity index is 1610. The van der Waals surface area contributed by atoms with Crippen LogP contribution in [0.4, 0.5) is 5.95 Å². The highest BCUT2D eigenvalue weighted by molar-refractivity contribution is 5.74. The van der Waals surface area contributed by atoms with Gasteiger partial charge in [0, 0.05) is 26.2 Å². The van der Waals surface area contributed by atoms with E-state index in [-0.39, 0.29) is 17.7 Å². The van der Waals surface area contributed by atoms with Gasteiger partial charge < -0.3 is 9.73 Å². The van der Waals surface area contributed by atoms with Crippen LogP contribution in [-0.2, 0) is 27.2 Å². The minimum atomic E-state index is -0.448. The van der Waals surface area contributed by atoms with Crippen molar-refractivity contribution in [2.75, 3.05) is 5.32 Å². The molecule has 3 heterocycles. The molecule has 0 aliphatic carbocycles. The number of hydrogen-bond donors (Lipinski definition) is 1. The maximum Gasteiger partial charge on any atom is 0.332 e. The Morgan fingerprint density at radius 1 is 0.971 bits per heavy atom. The maximum absolute atomic E-state index is 13.1. The summed E-state index contributed by atoms with van der Waals surface area (Å²) in [5.41, 5.74) is 2.60. The van der Waals surface area contributed by atoms with Crippen molar-refractivity contribution in [1.29, 1.82) is 0 Å². The molecule has 172 valence electrons. The molecular weight excluding hydrogens is 434 g/mol. The lowest BCUT2D eigenvalue weighted by Gasteiger charge is -2.09. The number of nitrogens with zero attached hydrogens (tertiary/aromatic N) is 6. The number of benzene rings is 2. The van der Waals surface area contributed by atoms with E-state index >= 15 is 0 Å². The van der Waals surface area contributed by atoms with E-state index in [4.69, 9.17) is 4.42 Å². The second kappa shape index (κ2) is 8.47. The number of anilines is 1. The molecule has 0 radical (unpaired) electrons. The van der Waals surface area contributed by atoms with Gasteiger partial charge in [0.25, 0.3) is 5.56 Å². The Hall–Kier alpha value is -4.47. The highest BCUT2D eigenvalue weighted by atomic mass is 16.4. The highest BCUT2D eigenvalue weighted by Gasteiger charge is 2.21. The summed E-state index contributed by atoms with van der Waals surface area (Å²) >= 11 is 0. The van der Waals surface area contributed by atoms with Crippen molar-refractivity contribution >= 4 is 17.1 Å². The van der Waals surface area contributed by atoms with Crippen LogP contribution in [0, 0.1) is 6.92 Å². The number of hydrogen-bond acceptors (Lipinski definition) is 7. The van der Waals surface area contributed by atoms with Gasteiger partial charge >= 0.3 is 5.69 Å². The zero-order chi connectivity index (χ0) is 23.8. The molecule has 0 spiro atoms. The van der Waals surface area contributed by atoms with Gasteiger partial charge in [0.05, 0.1) is 0 Å². The summed E-state index contributed by atoms with van der Waals surface area (Å²) in [5, 5.41) is 11.6. The summed E-state index contributed by atoms with van der Waals surface area (Å²) in [4.78, 5) is 30.1. The van der Waals surface area contributed by atoms with Crippen molar-refractivity contribution in [3.8, 4) is 11.5 Å². The van der Waals surface area contributed by atoms with Crippen molar-refractivity contribution in [2.24, 2.45) is 14.1 Å². The zero-order valence-electron chi connectivity index (χ0n) is 19.0. The van der Waals surface area contributed by atoms with Crippen molar-refractivity contribution in [2.45, 2.75) is 20.0 Å². The van der Waals surface area contributed by atoms with Gasteiger partial charge in [0.1, 0.15) is 6.54 Å². The van der Waals surface area contributed by atoms with Gasteiger partial charge in [-0.1, -0.05) is 48.0 Å². The first-order chi connectivity index (χ1) is 16.4. The lowest BCUT2D eigenvalue weighted by Crippen LogP contribution is -2.37. The van der Waals surface area contributed by atoms with E-state index in [0.29, 0.717) is 24.3 Å². The van der Waals surface area contributed by atoms with Crippen LogP contribution < -0.4 is 16.6 Å². The van der Waals surface area contributed by atoms with Crippen LogP contribution in [-0.4, -0.2) is 28.9 Å². The fourth-order valence-corrected chi connectivity index (χ4v) is 3.86. The van der Waals surface area contributed by atoms with Crippen LogP contribution in [0.2, 0.25) is 0 Å². The minimum absolute atomic E-state index is 0.111. The first-order valence-electron chi connectivity index (χ1n) is 10.8. The molecule has 3 aromatic heterocycles. The molecule has 0 aliphatic heterocycles. The molecule has 5 aromatic rings. The third-order valence-electron chi connectivity index (χ3n) is 5.67. The topological polar surface area (TPSA) is 113 Å². The van der Waals surface area contributed by atoms with Gasteiger partial charge in [-0.2, -0.15) is 4.98 Å². The third kappa shape index (κ3) is 3.79. The molecule has 0 saturated heterocycles. The van der Waals surface area contributed by atoms with E-state index in [2.05, 4.69) is 20.5 Å². The van der Waals surface area contributed by atoms with Crippen molar-refractivity contribution in [3.63, 3.8) is 0 Å². The van der Waals surface area contributed by atoms with E-state index in [1.165, 1.54) is 11.6 Å². The average Bonchev–Trinajstić information content (AvgIpc) is 3.46. The number of fused-ring (bicyclic) bond motifs is 1. The summed E-state index contributed by atoms with van der Waals surface area (Å²) in [7, 11) is 3.03. The number of rotatable bonds is 6. The second-order valence-electron chi connectivity index (χ2n) is 8.11. The van der Waals surface area contributed by atoms with Crippen molar-refractivity contribution < 1.29 is 4.42 Å². The molecule has 10 nitrogen and oxygen atoms in total. The van der Waals surface area contributed by atoms with Gasteiger partial charge in [-0.25, -0.2) is 4.79 Å². The quantitative estimate of drug-likeness (QED) is 0.417. The molecule has 1 N–H and O–H groups in total. The molecule has 0 amide bonds. The molecule has 0 unspecified atom stereocenters. The van der Waals surface area contributed by atoms with Gasteiger partial charge in [-0.3, -0.25) is 18.5 Å². The summed E-state index contributed by atoms with van der Waals surface area (Å²) in [6.07, 6.45) is 0. The summed E-state index contributed by atoms with van der Waals surface area (Å²) in [5.74, 6) is 1.13. The van der Waals surface area contributed by atoms with Crippen molar-refractivity contribution in [1.82, 2.24) is 28.9 Å². The van der Waals surface area contributed by atoms with Gasteiger partial charge in [-0.15, -0.1) is 10.2 Å². The lowest BCUT2D eigenvalue weighted by atomic mass is 10.1. The molecule has 34 heavy (non-hydrogen) atoms. The molecule has 5 rings (SSSR count). The molecule has 0 atom stereocenters. The molecule has 0 aliphatic rings. The van der Waals surface area contributed by atoms with E-state index in [1.807, 2.05) is 61.5 Å². The third-order valence-corrected chi connectivity index (χ3v) is 5.67. The Morgan fingerprint density at radius 2 is 1.76 bits per heavy atom. The van der Waals surface area contributed by atoms with Crippen LogP contribution in [0.3, 0.4) is 0 Å². The largest absolute Gasteiger partial charge is 0.419 e. The Labute approximate surface area is 194 Å². The van der Waals surface area contributed by atoms with Gasteiger partial charge in [0.15, 0.2) is 11.2 Å². The van der Waals surface area contributed by atoms with Crippen LogP contribution in [0.1, 0.15) is 17.0 Å². The fourth-order valence-electron chi connectivity index (χ4n) is 3.86. The molecule has 2 aromatic carbocycles. The molecular formula is C24H23N7O3. The summed E-state index contributed by atoms with van der Waals surface area (Å²) in [6, 6.07) is 17.6. The van der Waals surface area contributed by atoms with Crippen LogP contribution >= 0.6 is 0 Å². The molecule has 0 saturated carbocycles. The smallest absolute Gasteiger partial charge is 0.332 e. The van der Waals surface area contributed by atoms with Crippen molar-refractivity contribution in [3.05, 3.63) is 92.5 Å². The maximum atomic E-state index is 13.1. The second-order valence-corrected chi connectivity index (χ2v) is 8.11. The predicted octanol–water partition coefficient (Wildman–Crippen LogP) is 2.45. The Kier molecular flexibility index (Phi) is 5.33. The average molecular weight is 457 g/mol. The van der Waals surface area contributed by atoms with Crippen LogP contribution in [0.5, 0.6) is 0 Å². The van der Waals surface area contributed by atoms with E-state index < -0.39 is 11.2 Å². The standard InChI is InChI=1S/C24H23N7O3/c1-15-8-7-11-17(12-15)21-28-27-18(34-21)14-31-19-20(29(2)24(33)30(3)22(19)32)26-23(31)25-13-16-9-5-4-6-10-16/h4-12H,13-14H2,1-3H3,(H,25,26). The molecule has 10 heteroatoms. The number of aryl methyl sites for hydroxylation is 2. The van der Waals surface area contributed by atoms with Gasteiger partial charge in [0.2, 0.25) is 17.7 Å². The fraction of sp³-hybridized carbons (Fsp3) is 0.208. The monoisotopic (exact) mass is 457 g/mol. The van der Waals surface area contributed by atoms with E-state index in [1.54, 1.807) is 11.6 Å². The normalized spacial score (nSPS) is 11.3. The van der Waals surface area contributed by atoms with Crippen LogP contribution in [0.15, 0.2) is 68.6 Å². The first-order valence-corrected chi connectivity index (χ1v) is 10.8. The summed E-state index contributed by atoms with van der Waals surface area (Å²) in [6.45, 7) is 2.58. The molecule has 0 fully saturated rings. The number of nitrogens with one attached hydrogen (secondary N) is 1. The van der Waals surface area contributed by atoms with Gasteiger partial charge in [-0.05, 0) is 24.6 Å². The molecule has 0 bridgehead atoms. The van der Waals surface area contributed by atoms with E-state index in [0.717, 1.165) is 21.3 Å². The lowest BCUT2D eigenvalue weighted by molar-refractivity contribution is 0.491. The first kappa shape index (κ1) is 21.4. The highest BCUT2D eigenvalue weighted by Crippen LogP contribution is 2.22. The Morgan fingerprint density at radius 3 is 2.53 bits per heavy atom. The number of aromatic nitrogens is 6. The van der Waals surface area contributed by atoms with Crippen LogP contribution in [0.25, 0.3) is 22.6 Å². The SMILES string of the molecule is Cc1cccc(-c2nnc(Cn3c(NCc4ccccc4)nc4c3c(=O)n(C)c(=O)n4C)o2)c1. The Balaban J connectivity index is 1.58. The summed E-state index contributed by atoms with van der Waals surface area (Å²) < 4.78 is 10.0. The zero-order valence-corrected chi connectivity index (χ0v) is 19.0. The predicted molar refractivity (Wildman–Crippen MR) is 128 cm³/mol. The number of imidazole rings is 1.